The number of hydrogen-bond acceptors (Lipinski definition) is 4. The van der Waals surface area contributed by atoms with Crippen LogP contribution in [0.2, 0.25) is 0 Å². The Labute approximate surface area is 155 Å². The lowest BCUT2D eigenvalue weighted by molar-refractivity contribution is -0.0753. The number of hydrogen-bond donors (Lipinski definition) is 0. The van der Waals surface area contributed by atoms with Crippen molar-refractivity contribution < 1.29 is 14.3 Å². The number of carbonyl (C=O) groups is 1. The molecule has 3 rings (SSSR count). The van der Waals surface area contributed by atoms with Gasteiger partial charge in [-0.3, -0.25) is 4.90 Å². The van der Waals surface area contributed by atoms with E-state index in [2.05, 4.69) is 11.8 Å². The Morgan fingerprint density at radius 1 is 1.32 bits per heavy atom. The second-order valence-electron chi connectivity index (χ2n) is 7.14. The van der Waals surface area contributed by atoms with E-state index >= 15 is 0 Å². The molecule has 2 aliphatic rings. The number of carbonyl (C=O) groups excluding carboxylic acids is 1. The fourth-order valence-corrected chi connectivity index (χ4v) is 4.26. The largest absolute Gasteiger partial charge is 0.489 e. The number of likely N-dealkylation sites (N-methyl/N-ethyl adjacent to an activating group) is 1. The van der Waals surface area contributed by atoms with Gasteiger partial charge in [0.25, 0.3) is 0 Å². The minimum absolute atomic E-state index is 0.214. The second kappa shape index (κ2) is 7.96. The topological polar surface area (TPSA) is 38.8 Å². The molecule has 2 fully saturated rings. The normalized spacial score (nSPS) is 22.4. The summed E-state index contributed by atoms with van der Waals surface area (Å²) in [4.78, 5) is 14.5. The number of ether oxygens (including phenoxy) is 2. The Morgan fingerprint density at radius 2 is 2.12 bits per heavy atom. The predicted molar refractivity (Wildman–Crippen MR) is 99.4 cm³/mol. The van der Waals surface area contributed by atoms with Gasteiger partial charge in [-0.2, -0.15) is 0 Å². The fourth-order valence-electron chi connectivity index (χ4n) is 4.04. The molecule has 0 N–H and O–H groups in total. The molecular formula is C20H28ClNO3. The summed E-state index contributed by atoms with van der Waals surface area (Å²) in [5, 5.41) is 0. The zero-order valence-corrected chi connectivity index (χ0v) is 16.0. The Kier molecular flexibility index (Phi) is 5.90. The van der Waals surface area contributed by atoms with Gasteiger partial charge in [0.2, 0.25) is 0 Å². The molecule has 1 spiro atoms. The molecule has 1 saturated heterocycles. The summed E-state index contributed by atoms with van der Waals surface area (Å²) in [5.74, 6) is 0.746. The van der Waals surface area contributed by atoms with Crippen LogP contribution < -0.4 is 4.74 Å². The highest BCUT2D eigenvalue weighted by Gasteiger charge is 2.48. The number of benzene rings is 1. The Hall–Kier alpha value is -1.26. The SMILES string of the molecule is CCOC(=O)c1ccc(OC2CN(CC)CCC23CCC3)cc1CCl. The molecule has 0 aromatic heterocycles. The second-order valence-corrected chi connectivity index (χ2v) is 7.41. The van der Waals surface area contributed by atoms with Crippen LogP contribution >= 0.6 is 11.6 Å². The van der Waals surface area contributed by atoms with E-state index in [1.165, 1.54) is 32.2 Å². The Balaban J connectivity index is 1.78. The number of piperidine rings is 1. The monoisotopic (exact) mass is 365 g/mol. The standard InChI is InChI=1S/C20H28ClNO3/c1-3-22-11-10-20(8-5-9-20)18(14-22)25-16-6-7-17(15(12-16)13-21)19(23)24-4-2/h6-7,12,18H,3-5,8-11,13-14H2,1-2H3. The number of halogens is 1. The van der Waals surface area contributed by atoms with Crippen molar-refractivity contribution in [2.24, 2.45) is 5.41 Å². The lowest BCUT2D eigenvalue weighted by atomic mass is 9.61. The summed E-state index contributed by atoms with van der Waals surface area (Å²) in [6, 6.07) is 5.55. The molecule has 1 aliphatic carbocycles. The first-order valence-electron chi connectivity index (χ1n) is 9.37. The highest BCUT2D eigenvalue weighted by molar-refractivity contribution is 6.17. The highest BCUT2D eigenvalue weighted by Crippen LogP contribution is 2.50. The van der Waals surface area contributed by atoms with E-state index in [1.54, 1.807) is 13.0 Å². The molecule has 1 heterocycles. The number of likely N-dealkylation sites (tertiary alicyclic amines) is 1. The van der Waals surface area contributed by atoms with E-state index in [0.29, 0.717) is 17.6 Å². The first-order valence-corrected chi connectivity index (χ1v) is 9.90. The van der Waals surface area contributed by atoms with Crippen LogP contribution in [0.15, 0.2) is 18.2 Å². The minimum atomic E-state index is -0.324. The third-order valence-corrected chi connectivity index (χ3v) is 6.11. The van der Waals surface area contributed by atoms with Crippen molar-refractivity contribution in [1.82, 2.24) is 4.90 Å². The van der Waals surface area contributed by atoms with Crippen LogP contribution in [0.3, 0.4) is 0 Å². The van der Waals surface area contributed by atoms with Crippen molar-refractivity contribution in [3.05, 3.63) is 29.3 Å². The molecule has 5 heteroatoms. The lowest BCUT2D eigenvalue weighted by Gasteiger charge is -2.52. The van der Waals surface area contributed by atoms with Gasteiger partial charge in [-0.05, 0) is 63.0 Å². The molecule has 25 heavy (non-hydrogen) atoms. The van der Waals surface area contributed by atoms with Gasteiger partial charge < -0.3 is 9.47 Å². The maximum Gasteiger partial charge on any atom is 0.338 e. The Morgan fingerprint density at radius 3 is 2.72 bits per heavy atom. The van der Waals surface area contributed by atoms with E-state index < -0.39 is 0 Å². The molecule has 138 valence electrons. The molecule has 1 atom stereocenters. The molecule has 0 radical (unpaired) electrons. The molecule has 4 nitrogen and oxygen atoms in total. The molecule has 1 aliphatic heterocycles. The molecule has 1 unspecified atom stereocenters. The number of esters is 1. The van der Waals surface area contributed by atoms with E-state index in [-0.39, 0.29) is 18.0 Å². The van der Waals surface area contributed by atoms with Gasteiger partial charge in [-0.1, -0.05) is 13.3 Å². The molecule has 1 aromatic carbocycles. The van der Waals surface area contributed by atoms with Gasteiger partial charge in [0.05, 0.1) is 12.2 Å². The van der Waals surface area contributed by atoms with Crippen LogP contribution in [-0.2, 0) is 10.6 Å². The molecule has 0 bridgehead atoms. The number of nitrogens with zero attached hydrogens (tertiary/aromatic N) is 1. The van der Waals surface area contributed by atoms with Gasteiger partial charge in [0, 0.05) is 17.8 Å². The summed E-state index contributed by atoms with van der Waals surface area (Å²) in [5.41, 5.74) is 1.64. The van der Waals surface area contributed by atoms with Crippen molar-refractivity contribution >= 4 is 17.6 Å². The van der Waals surface area contributed by atoms with Crippen LogP contribution in [0, 0.1) is 5.41 Å². The van der Waals surface area contributed by atoms with E-state index in [1.807, 2.05) is 12.1 Å². The van der Waals surface area contributed by atoms with Crippen molar-refractivity contribution in [2.75, 3.05) is 26.2 Å². The summed E-state index contributed by atoms with van der Waals surface area (Å²) in [7, 11) is 0. The zero-order valence-electron chi connectivity index (χ0n) is 15.2. The van der Waals surface area contributed by atoms with Gasteiger partial charge >= 0.3 is 5.97 Å². The predicted octanol–water partition coefficient (Wildman–Crippen LogP) is 4.25. The summed E-state index contributed by atoms with van der Waals surface area (Å²) in [6.45, 7) is 7.57. The highest BCUT2D eigenvalue weighted by atomic mass is 35.5. The van der Waals surface area contributed by atoms with E-state index in [0.717, 1.165) is 24.4 Å². The van der Waals surface area contributed by atoms with Crippen LogP contribution in [0.1, 0.15) is 55.5 Å². The van der Waals surface area contributed by atoms with Gasteiger partial charge in [-0.25, -0.2) is 4.79 Å². The fraction of sp³-hybridized carbons (Fsp3) is 0.650. The summed E-state index contributed by atoms with van der Waals surface area (Å²) in [6.07, 6.45) is 5.26. The van der Waals surface area contributed by atoms with Crippen molar-refractivity contribution in [3.8, 4) is 5.75 Å². The third kappa shape index (κ3) is 3.80. The quantitative estimate of drug-likeness (QED) is 0.558. The van der Waals surface area contributed by atoms with Gasteiger partial charge in [0.15, 0.2) is 0 Å². The Bertz CT molecular complexity index is 615. The van der Waals surface area contributed by atoms with Crippen LogP contribution in [0.5, 0.6) is 5.75 Å². The number of alkyl halides is 1. The first-order chi connectivity index (χ1) is 12.1. The number of rotatable bonds is 6. The van der Waals surface area contributed by atoms with Crippen LogP contribution in [-0.4, -0.2) is 43.2 Å². The first kappa shape index (κ1) is 18.5. The minimum Gasteiger partial charge on any atom is -0.489 e. The third-order valence-electron chi connectivity index (χ3n) is 5.82. The average molecular weight is 366 g/mol. The molecular weight excluding hydrogens is 338 g/mol. The smallest absolute Gasteiger partial charge is 0.338 e. The van der Waals surface area contributed by atoms with Crippen LogP contribution in [0.25, 0.3) is 0 Å². The van der Waals surface area contributed by atoms with Gasteiger partial charge in [-0.15, -0.1) is 11.6 Å². The van der Waals surface area contributed by atoms with Crippen molar-refractivity contribution in [3.63, 3.8) is 0 Å². The molecule has 1 saturated carbocycles. The average Bonchev–Trinajstić information content (AvgIpc) is 2.60. The van der Waals surface area contributed by atoms with E-state index in [4.69, 9.17) is 21.1 Å². The summed E-state index contributed by atoms with van der Waals surface area (Å²) < 4.78 is 11.5. The molecule has 0 amide bonds. The van der Waals surface area contributed by atoms with Gasteiger partial charge in [0.1, 0.15) is 11.9 Å². The zero-order chi connectivity index (χ0) is 17.9. The van der Waals surface area contributed by atoms with Crippen molar-refractivity contribution in [1.29, 1.82) is 0 Å². The lowest BCUT2D eigenvalue weighted by Crippen LogP contribution is -2.56. The molecule has 1 aromatic rings. The van der Waals surface area contributed by atoms with E-state index in [9.17, 15) is 4.79 Å². The van der Waals surface area contributed by atoms with Crippen molar-refractivity contribution in [2.45, 2.75) is 51.5 Å². The maximum absolute atomic E-state index is 12.0. The summed E-state index contributed by atoms with van der Waals surface area (Å²) >= 11 is 6.06. The van der Waals surface area contributed by atoms with Crippen LogP contribution in [0.4, 0.5) is 0 Å². The maximum atomic E-state index is 12.0.